The Labute approximate surface area is 116 Å². The number of nitrogens with one attached hydrogen (secondary N) is 1. The molecule has 1 saturated carbocycles. The Morgan fingerprint density at radius 3 is 2.74 bits per heavy atom. The van der Waals surface area contributed by atoms with Gasteiger partial charge in [-0.25, -0.2) is 0 Å². The van der Waals surface area contributed by atoms with Gasteiger partial charge in [0, 0.05) is 6.04 Å². The minimum Gasteiger partial charge on any atom is -0.492 e. The molecule has 3 heteroatoms. The van der Waals surface area contributed by atoms with Gasteiger partial charge in [-0.2, -0.15) is 0 Å². The Balaban J connectivity index is 2.05. The lowest BCUT2D eigenvalue weighted by atomic mass is 9.79. The average molecular weight is 262 g/mol. The fraction of sp³-hybridized carbons (Fsp3) is 0.625. The van der Waals surface area contributed by atoms with Crippen LogP contribution in [0.5, 0.6) is 5.75 Å². The second-order valence-corrected chi connectivity index (χ2v) is 5.76. The molecule has 0 radical (unpaired) electrons. The highest BCUT2D eigenvalue weighted by Crippen LogP contribution is 2.34. The highest BCUT2D eigenvalue weighted by atomic mass is 16.5. The third-order valence-corrected chi connectivity index (χ3v) is 4.32. The van der Waals surface area contributed by atoms with Crippen molar-refractivity contribution >= 4 is 11.4 Å². The molecule has 1 aromatic rings. The van der Waals surface area contributed by atoms with Crippen molar-refractivity contribution in [3.05, 3.63) is 18.2 Å². The fourth-order valence-electron chi connectivity index (χ4n) is 2.85. The van der Waals surface area contributed by atoms with Gasteiger partial charge in [0.2, 0.25) is 0 Å². The third kappa shape index (κ3) is 3.34. The molecular formula is C16H26N2O. The molecule has 0 amide bonds. The van der Waals surface area contributed by atoms with Crippen molar-refractivity contribution in [2.45, 2.75) is 46.1 Å². The average Bonchev–Trinajstić information content (AvgIpc) is 2.39. The number of hydrogen-bond acceptors (Lipinski definition) is 3. The number of rotatable bonds is 4. The van der Waals surface area contributed by atoms with Crippen LogP contribution in [-0.2, 0) is 0 Å². The van der Waals surface area contributed by atoms with Gasteiger partial charge in [0.15, 0.2) is 0 Å². The van der Waals surface area contributed by atoms with Gasteiger partial charge in [-0.1, -0.05) is 19.9 Å². The van der Waals surface area contributed by atoms with Gasteiger partial charge in [-0.15, -0.1) is 0 Å². The number of nitrogen functional groups attached to an aromatic ring is 1. The number of benzene rings is 1. The van der Waals surface area contributed by atoms with E-state index in [4.69, 9.17) is 10.5 Å². The standard InChI is InChI=1S/C16H26N2O/c1-4-19-15-7-5-6-14(16(15)17)18-13-9-8-11(2)12(3)10-13/h5-7,11-13,18H,4,8-10,17H2,1-3H3. The molecule has 1 aliphatic carbocycles. The maximum Gasteiger partial charge on any atom is 0.144 e. The topological polar surface area (TPSA) is 47.3 Å². The number of ether oxygens (including phenoxy) is 1. The first-order valence-electron chi connectivity index (χ1n) is 7.39. The van der Waals surface area contributed by atoms with E-state index in [1.165, 1.54) is 19.3 Å². The van der Waals surface area contributed by atoms with Crippen LogP contribution in [0.25, 0.3) is 0 Å². The zero-order valence-corrected chi connectivity index (χ0v) is 12.3. The van der Waals surface area contributed by atoms with E-state index in [1.807, 2.05) is 25.1 Å². The van der Waals surface area contributed by atoms with Gasteiger partial charge in [0.05, 0.1) is 18.0 Å². The summed E-state index contributed by atoms with van der Waals surface area (Å²) in [5.74, 6) is 2.40. The van der Waals surface area contributed by atoms with Crippen LogP contribution in [0.1, 0.15) is 40.0 Å². The molecule has 2 rings (SSSR count). The lowest BCUT2D eigenvalue weighted by Gasteiger charge is -2.33. The van der Waals surface area contributed by atoms with Gasteiger partial charge in [0.25, 0.3) is 0 Å². The second-order valence-electron chi connectivity index (χ2n) is 5.76. The maximum atomic E-state index is 6.16. The van der Waals surface area contributed by atoms with Crippen molar-refractivity contribution in [1.82, 2.24) is 0 Å². The number of anilines is 2. The van der Waals surface area contributed by atoms with Crippen LogP contribution in [-0.4, -0.2) is 12.6 Å². The van der Waals surface area contributed by atoms with Crippen LogP contribution in [0.3, 0.4) is 0 Å². The van der Waals surface area contributed by atoms with Crippen molar-refractivity contribution in [2.24, 2.45) is 11.8 Å². The molecule has 3 nitrogen and oxygen atoms in total. The Kier molecular flexibility index (Phi) is 4.56. The SMILES string of the molecule is CCOc1cccc(NC2CCC(C)C(C)C2)c1N. The van der Waals surface area contributed by atoms with Gasteiger partial charge < -0.3 is 15.8 Å². The van der Waals surface area contributed by atoms with E-state index >= 15 is 0 Å². The Bertz CT molecular complexity index is 419. The van der Waals surface area contributed by atoms with Crippen molar-refractivity contribution in [3.63, 3.8) is 0 Å². The molecular weight excluding hydrogens is 236 g/mol. The van der Waals surface area contributed by atoms with Crippen molar-refractivity contribution < 1.29 is 4.74 Å². The van der Waals surface area contributed by atoms with Gasteiger partial charge >= 0.3 is 0 Å². The monoisotopic (exact) mass is 262 g/mol. The van der Waals surface area contributed by atoms with E-state index in [0.717, 1.165) is 29.0 Å². The summed E-state index contributed by atoms with van der Waals surface area (Å²) in [6.45, 7) is 7.32. The molecule has 3 N–H and O–H groups in total. The first kappa shape index (κ1) is 14.0. The molecule has 106 valence electrons. The Morgan fingerprint density at radius 1 is 1.26 bits per heavy atom. The summed E-state index contributed by atoms with van der Waals surface area (Å²) in [6.07, 6.45) is 3.74. The molecule has 0 heterocycles. The summed E-state index contributed by atoms with van der Waals surface area (Å²) >= 11 is 0. The van der Waals surface area contributed by atoms with Crippen LogP contribution in [0.2, 0.25) is 0 Å². The summed E-state index contributed by atoms with van der Waals surface area (Å²) in [6, 6.07) is 6.50. The Morgan fingerprint density at radius 2 is 2.05 bits per heavy atom. The fourth-order valence-corrected chi connectivity index (χ4v) is 2.85. The molecule has 0 saturated heterocycles. The summed E-state index contributed by atoms with van der Waals surface area (Å²) < 4.78 is 5.54. The molecule has 3 atom stereocenters. The Hall–Kier alpha value is -1.38. The summed E-state index contributed by atoms with van der Waals surface area (Å²) in [5, 5.41) is 3.59. The smallest absolute Gasteiger partial charge is 0.144 e. The van der Waals surface area contributed by atoms with E-state index in [-0.39, 0.29) is 0 Å². The summed E-state index contributed by atoms with van der Waals surface area (Å²) in [7, 11) is 0. The molecule has 3 unspecified atom stereocenters. The van der Waals surface area contributed by atoms with Crippen LogP contribution >= 0.6 is 0 Å². The molecule has 0 bridgehead atoms. The lowest BCUT2D eigenvalue weighted by Crippen LogP contribution is -2.30. The normalized spacial score (nSPS) is 27.0. The highest BCUT2D eigenvalue weighted by molar-refractivity contribution is 5.73. The third-order valence-electron chi connectivity index (χ3n) is 4.32. The minimum atomic E-state index is 0.533. The van der Waals surface area contributed by atoms with Crippen molar-refractivity contribution in [2.75, 3.05) is 17.7 Å². The molecule has 1 aliphatic rings. The van der Waals surface area contributed by atoms with E-state index in [9.17, 15) is 0 Å². The quantitative estimate of drug-likeness (QED) is 0.809. The number of para-hydroxylation sites is 1. The second kappa shape index (κ2) is 6.18. The predicted molar refractivity (Wildman–Crippen MR) is 81.6 cm³/mol. The van der Waals surface area contributed by atoms with Gasteiger partial charge in [-0.05, 0) is 50.2 Å². The summed E-state index contributed by atoms with van der Waals surface area (Å²) in [5.41, 5.74) is 7.90. The van der Waals surface area contributed by atoms with E-state index in [0.29, 0.717) is 12.6 Å². The first-order valence-corrected chi connectivity index (χ1v) is 7.39. The van der Waals surface area contributed by atoms with E-state index in [1.54, 1.807) is 0 Å². The summed E-state index contributed by atoms with van der Waals surface area (Å²) in [4.78, 5) is 0. The number of nitrogens with two attached hydrogens (primary N) is 1. The lowest BCUT2D eigenvalue weighted by molar-refractivity contribution is 0.261. The van der Waals surface area contributed by atoms with Gasteiger partial charge in [-0.3, -0.25) is 0 Å². The molecule has 0 aromatic heterocycles. The van der Waals surface area contributed by atoms with E-state index < -0.39 is 0 Å². The molecule has 0 aliphatic heterocycles. The molecule has 19 heavy (non-hydrogen) atoms. The number of hydrogen-bond donors (Lipinski definition) is 2. The van der Waals surface area contributed by atoms with Crippen LogP contribution in [0, 0.1) is 11.8 Å². The molecule has 1 fully saturated rings. The molecule has 1 aromatic carbocycles. The molecule has 0 spiro atoms. The van der Waals surface area contributed by atoms with Crippen molar-refractivity contribution in [3.8, 4) is 5.75 Å². The first-order chi connectivity index (χ1) is 9.11. The van der Waals surface area contributed by atoms with Crippen molar-refractivity contribution in [1.29, 1.82) is 0 Å². The zero-order chi connectivity index (χ0) is 13.8. The highest BCUT2D eigenvalue weighted by Gasteiger charge is 2.24. The van der Waals surface area contributed by atoms with Gasteiger partial charge in [0.1, 0.15) is 5.75 Å². The maximum absolute atomic E-state index is 6.16. The van der Waals surface area contributed by atoms with Crippen LogP contribution < -0.4 is 15.8 Å². The minimum absolute atomic E-state index is 0.533. The largest absolute Gasteiger partial charge is 0.492 e. The zero-order valence-electron chi connectivity index (χ0n) is 12.3. The predicted octanol–water partition coefficient (Wildman–Crippen LogP) is 3.90. The van der Waals surface area contributed by atoms with Crippen LogP contribution in [0.15, 0.2) is 18.2 Å². The van der Waals surface area contributed by atoms with E-state index in [2.05, 4.69) is 19.2 Å². The van der Waals surface area contributed by atoms with Crippen LogP contribution in [0.4, 0.5) is 11.4 Å².